The van der Waals surface area contributed by atoms with Gasteiger partial charge in [0.1, 0.15) is 0 Å². The summed E-state index contributed by atoms with van der Waals surface area (Å²) in [6, 6.07) is 11.2. The molecule has 2 amide bonds. The van der Waals surface area contributed by atoms with Crippen molar-refractivity contribution in [2.45, 2.75) is 16.7 Å². The number of thioether (sulfide) groups is 1. The summed E-state index contributed by atoms with van der Waals surface area (Å²) in [6.07, 6.45) is 1.95. The van der Waals surface area contributed by atoms with E-state index in [9.17, 15) is 18.0 Å². The van der Waals surface area contributed by atoms with Crippen molar-refractivity contribution >= 4 is 39.1 Å². The predicted octanol–water partition coefficient (Wildman–Crippen LogP) is 2.58. The lowest BCUT2D eigenvalue weighted by atomic mass is 10.1. The smallest absolute Gasteiger partial charge is 0.259 e. The molecule has 0 unspecified atom stereocenters. The van der Waals surface area contributed by atoms with Crippen LogP contribution >= 0.6 is 11.8 Å². The summed E-state index contributed by atoms with van der Waals surface area (Å²) in [5, 5.41) is 0. The molecule has 0 saturated heterocycles. The molecule has 2 N–H and O–H groups in total. The fourth-order valence-corrected chi connectivity index (χ4v) is 3.89. The molecule has 26 heavy (non-hydrogen) atoms. The van der Waals surface area contributed by atoms with Crippen LogP contribution in [0.15, 0.2) is 52.3 Å². The number of nitrogens with two attached hydrogens (primary N) is 1. The Bertz CT molecular complexity index is 938. The first-order valence-electron chi connectivity index (χ1n) is 7.80. The third-order valence-electron chi connectivity index (χ3n) is 3.98. The molecule has 0 fully saturated rings. The monoisotopic (exact) mass is 392 g/mol. The van der Waals surface area contributed by atoms with E-state index in [-0.39, 0.29) is 21.8 Å². The van der Waals surface area contributed by atoms with E-state index in [2.05, 4.69) is 0 Å². The number of primary amides is 1. The summed E-state index contributed by atoms with van der Waals surface area (Å²) in [7, 11) is -2.14. The Hall–Kier alpha value is -2.32. The minimum Gasteiger partial charge on any atom is -0.366 e. The molecule has 0 spiro atoms. The summed E-state index contributed by atoms with van der Waals surface area (Å²) < 4.78 is 24.8. The number of rotatable bonds is 6. The second kappa shape index (κ2) is 7.92. The van der Waals surface area contributed by atoms with E-state index < -0.39 is 21.7 Å². The fraction of sp³-hybridized carbons (Fsp3) is 0.222. The Labute approximate surface area is 157 Å². The lowest BCUT2D eigenvalue weighted by Crippen LogP contribution is -2.28. The second-order valence-corrected chi connectivity index (χ2v) is 8.67. The van der Waals surface area contributed by atoms with Gasteiger partial charge in [0, 0.05) is 23.2 Å². The lowest BCUT2D eigenvalue weighted by Gasteiger charge is -2.19. The molecule has 0 aliphatic carbocycles. The molecule has 0 saturated carbocycles. The lowest BCUT2D eigenvalue weighted by molar-refractivity contribution is 0.0981. The number of hydrogen-bond acceptors (Lipinski definition) is 5. The highest BCUT2D eigenvalue weighted by molar-refractivity contribution is 7.98. The summed E-state index contributed by atoms with van der Waals surface area (Å²) in [5.74, 6) is -1.43. The molecule has 6 nitrogen and oxygen atoms in total. The largest absolute Gasteiger partial charge is 0.366 e. The van der Waals surface area contributed by atoms with E-state index in [1.807, 2.05) is 18.4 Å². The summed E-state index contributed by atoms with van der Waals surface area (Å²) in [6.45, 7) is 1.48. The van der Waals surface area contributed by atoms with Gasteiger partial charge in [-0.3, -0.25) is 9.59 Å². The first-order valence-corrected chi connectivity index (χ1v) is 10.7. The van der Waals surface area contributed by atoms with Crippen LogP contribution in [0.5, 0.6) is 0 Å². The zero-order chi connectivity index (χ0) is 19.5. The Balaban J connectivity index is 2.51. The highest BCUT2D eigenvalue weighted by Gasteiger charge is 2.25. The highest BCUT2D eigenvalue weighted by Crippen LogP contribution is 2.25. The van der Waals surface area contributed by atoms with Gasteiger partial charge in [0.2, 0.25) is 5.91 Å². The molecule has 8 heteroatoms. The predicted molar refractivity (Wildman–Crippen MR) is 104 cm³/mol. The maximum absolute atomic E-state index is 12.9. The Morgan fingerprint density at radius 1 is 1.12 bits per heavy atom. The van der Waals surface area contributed by atoms with Crippen molar-refractivity contribution in [3.8, 4) is 0 Å². The number of amides is 2. The van der Waals surface area contributed by atoms with Crippen LogP contribution in [0.4, 0.5) is 5.69 Å². The van der Waals surface area contributed by atoms with Crippen LogP contribution in [-0.4, -0.2) is 39.3 Å². The first-order chi connectivity index (χ1) is 12.2. The van der Waals surface area contributed by atoms with Crippen molar-refractivity contribution in [2.24, 2.45) is 5.73 Å². The number of nitrogens with zero attached hydrogens (tertiary/aromatic N) is 1. The van der Waals surface area contributed by atoms with Gasteiger partial charge < -0.3 is 10.6 Å². The zero-order valence-electron chi connectivity index (χ0n) is 14.7. The maximum atomic E-state index is 12.9. The minimum atomic E-state index is -3.71. The SMILES string of the molecule is CCS(=O)(=O)c1cc(C(N)=O)ccc1C(=O)N(C)c1ccc(SC)cc1. The van der Waals surface area contributed by atoms with Crippen molar-refractivity contribution in [1.82, 2.24) is 0 Å². The van der Waals surface area contributed by atoms with Gasteiger partial charge in [-0.2, -0.15) is 0 Å². The Morgan fingerprint density at radius 2 is 1.73 bits per heavy atom. The highest BCUT2D eigenvalue weighted by atomic mass is 32.2. The quantitative estimate of drug-likeness (QED) is 0.762. The number of carbonyl (C=O) groups excluding carboxylic acids is 2. The van der Waals surface area contributed by atoms with Crippen molar-refractivity contribution < 1.29 is 18.0 Å². The van der Waals surface area contributed by atoms with Crippen molar-refractivity contribution in [3.63, 3.8) is 0 Å². The number of benzene rings is 2. The van der Waals surface area contributed by atoms with Crippen LogP contribution in [0.3, 0.4) is 0 Å². The summed E-state index contributed by atoms with van der Waals surface area (Å²) in [4.78, 5) is 26.5. The molecule has 0 aliphatic rings. The average Bonchev–Trinajstić information content (AvgIpc) is 2.66. The molecule has 0 aromatic heterocycles. The molecule has 2 aromatic rings. The van der Waals surface area contributed by atoms with Crippen LogP contribution in [0.1, 0.15) is 27.6 Å². The molecule has 0 radical (unpaired) electrons. The molecule has 0 atom stereocenters. The topological polar surface area (TPSA) is 97.5 Å². The van der Waals surface area contributed by atoms with Crippen molar-refractivity contribution in [3.05, 3.63) is 53.6 Å². The molecule has 2 rings (SSSR count). The molecule has 2 aromatic carbocycles. The average molecular weight is 393 g/mol. The molecule has 0 bridgehead atoms. The molecule has 138 valence electrons. The van der Waals surface area contributed by atoms with Crippen LogP contribution in [0.25, 0.3) is 0 Å². The second-order valence-electron chi connectivity index (χ2n) is 5.54. The van der Waals surface area contributed by atoms with Crippen LogP contribution in [-0.2, 0) is 9.84 Å². The third-order valence-corrected chi connectivity index (χ3v) is 6.49. The van der Waals surface area contributed by atoms with Gasteiger partial charge in [0.15, 0.2) is 9.84 Å². The van der Waals surface area contributed by atoms with Crippen LogP contribution in [0.2, 0.25) is 0 Å². The number of sulfone groups is 1. The molecular weight excluding hydrogens is 372 g/mol. The van der Waals surface area contributed by atoms with E-state index >= 15 is 0 Å². The Morgan fingerprint density at radius 3 is 2.23 bits per heavy atom. The van der Waals surface area contributed by atoms with Gasteiger partial charge in [-0.25, -0.2) is 8.42 Å². The van der Waals surface area contributed by atoms with Gasteiger partial charge in [-0.15, -0.1) is 11.8 Å². The fourth-order valence-electron chi connectivity index (χ4n) is 2.37. The van der Waals surface area contributed by atoms with E-state index in [1.165, 1.54) is 30.0 Å². The standard InChI is InChI=1S/C18H20N2O4S2/c1-4-26(23,24)16-11-12(17(19)21)5-10-15(16)18(22)20(2)13-6-8-14(25-3)9-7-13/h5-11H,4H2,1-3H3,(H2,19,21). The molecule has 0 aliphatic heterocycles. The van der Waals surface area contributed by atoms with E-state index in [0.29, 0.717) is 5.69 Å². The number of anilines is 1. The summed E-state index contributed by atoms with van der Waals surface area (Å²) >= 11 is 1.58. The third kappa shape index (κ3) is 4.08. The van der Waals surface area contributed by atoms with Gasteiger partial charge in [0.25, 0.3) is 5.91 Å². The zero-order valence-corrected chi connectivity index (χ0v) is 16.4. The maximum Gasteiger partial charge on any atom is 0.259 e. The van der Waals surface area contributed by atoms with E-state index in [4.69, 9.17) is 5.73 Å². The van der Waals surface area contributed by atoms with Gasteiger partial charge >= 0.3 is 0 Å². The van der Waals surface area contributed by atoms with Gasteiger partial charge in [-0.05, 0) is 48.7 Å². The van der Waals surface area contributed by atoms with E-state index in [1.54, 1.807) is 30.9 Å². The Kier molecular flexibility index (Phi) is 6.09. The van der Waals surface area contributed by atoms with Gasteiger partial charge in [-0.1, -0.05) is 6.92 Å². The number of hydrogen-bond donors (Lipinski definition) is 1. The van der Waals surface area contributed by atoms with Crippen LogP contribution in [0, 0.1) is 0 Å². The van der Waals surface area contributed by atoms with Crippen molar-refractivity contribution in [2.75, 3.05) is 24.0 Å². The first kappa shape index (κ1) is 20.0. The van der Waals surface area contributed by atoms with Crippen molar-refractivity contribution in [1.29, 1.82) is 0 Å². The molecule has 0 heterocycles. The van der Waals surface area contributed by atoms with Gasteiger partial charge in [0.05, 0.1) is 16.2 Å². The minimum absolute atomic E-state index is 0.00768. The summed E-state index contributed by atoms with van der Waals surface area (Å²) in [5.41, 5.74) is 5.92. The van der Waals surface area contributed by atoms with E-state index in [0.717, 1.165) is 4.90 Å². The normalized spacial score (nSPS) is 11.2. The number of carbonyl (C=O) groups is 2. The van der Waals surface area contributed by atoms with Crippen LogP contribution < -0.4 is 10.6 Å². The molecular formula is C18H20N2O4S2.